The van der Waals surface area contributed by atoms with E-state index in [1.807, 2.05) is 0 Å². The number of methoxy groups -OCH3 is 1. The Morgan fingerprint density at radius 1 is 1.50 bits per heavy atom. The largest absolute Gasteiger partial charge is 0.467 e. The van der Waals surface area contributed by atoms with Crippen molar-refractivity contribution in [3.05, 3.63) is 0 Å². The molecule has 1 amide bonds. The molecule has 94 valence electrons. The lowest BCUT2D eigenvalue weighted by Gasteiger charge is -2.26. The van der Waals surface area contributed by atoms with Gasteiger partial charge in [-0.1, -0.05) is 0 Å². The van der Waals surface area contributed by atoms with Crippen LogP contribution in [-0.4, -0.2) is 61.8 Å². The van der Waals surface area contributed by atoms with Crippen molar-refractivity contribution in [2.24, 2.45) is 0 Å². The van der Waals surface area contributed by atoms with E-state index in [9.17, 15) is 14.7 Å². The Balaban J connectivity index is 4.08. The average molecular weight is 232 g/mol. The van der Waals surface area contributed by atoms with E-state index in [4.69, 9.17) is 0 Å². The van der Waals surface area contributed by atoms with Crippen LogP contribution in [0.15, 0.2) is 0 Å². The van der Waals surface area contributed by atoms with Crippen LogP contribution in [0.4, 0.5) is 0 Å². The molecule has 0 aliphatic rings. The van der Waals surface area contributed by atoms with Crippen molar-refractivity contribution in [1.82, 2.24) is 10.2 Å². The van der Waals surface area contributed by atoms with E-state index in [0.717, 1.165) is 0 Å². The highest BCUT2D eigenvalue weighted by atomic mass is 16.5. The minimum absolute atomic E-state index is 0.0791. The Bertz CT molecular complexity index is 253. The lowest BCUT2D eigenvalue weighted by atomic mass is 10.1. The van der Waals surface area contributed by atoms with Crippen molar-refractivity contribution in [3.63, 3.8) is 0 Å². The fourth-order valence-electron chi connectivity index (χ4n) is 1.31. The van der Waals surface area contributed by atoms with Gasteiger partial charge in [0.05, 0.1) is 7.11 Å². The van der Waals surface area contributed by atoms with Gasteiger partial charge in [0.15, 0.2) is 5.60 Å². The molecule has 0 radical (unpaired) electrons. The van der Waals surface area contributed by atoms with Crippen LogP contribution >= 0.6 is 0 Å². The number of ether oxygens (including phenoxy) is 1. The minimum atomic E-state index is -1.55. The number of amides is 1. The average Bonchev–Trinajstić information content (AvgIpc) is 2.23. The van der Waals surface area contributed by atoms with Crippen LogP contribution in [0.5, 0.6) is 0 Å². The van der Waals surface area contributed by atoms with E-state index >= 15 is 0 Å². The summed E-state index contributed by atoms with van der Waals surface area (Å²) in [5.74, 6) is -0.760. The molecule has 0 aromatic heterocycles. The first-order valence-electron chi connectivity index (χ1n) is 5.03. The van der Waals surface area contributed by atoms with E-state index in [1.165, 1.54) is 14.0 Å². The first kappa shape index (κ1) is 14.9. The maximum absolute atomic E-state index is 11.2. The molecule has 0 aliphatic carbocycles. The van der Waals surface area contributed by atoms with Crippen LogP contribution in [-0.2, 0) is 14.3 Å². The highest BCUT2D eigenvalue weighted by Crippen LogP contribution is 2.07. The number of carbonyl (C=O) groups is 2. The number of nitrogens with one attached hydrogen (secondary N) is 1. The molecule has 0 fully saturated rings. The van der Waals surface area contributed by atoms with Gasteiger partial charge in [-0.05, 0) is 14.0 Å². The second-order valence-electron chi connectivity index (χ2n) is 3.93. The topological polar surface area (TPSA) is 78.9 Å². The summed E-state index contributed by atoms with van der Waals surface area (Å²) >= 11 is 0. The summed E-state index contributed by atoms with van der Waals surface area (Å²) < 4.78 is 4.47. The molecule has 0 heterocycles. The first-order valence-corrected chi connectivity index (χ1v) is 5.03. The molecule has 0 bridgehead atoms. The van der Waals surface area contributed by atoms with Crippen molar-refractivity contribution in [2.75, 3.05) is 34.3 Å². The van der Waals surface area contributed by atoms with E-state index < -0.39 is 11.6 Å². The summed E-state index contributed by atoms with van der Waals surface area (Å²) in [7, 11) is 4.51. The van der Waals surface area contributed by atoms with Gasteiger partial charge in [0.1, 0.15) is 0 Å². The van der Waals surface area contributed by atoms with Crippen LogP contribution in [0.3, 0.4) is 0 Å². The zero-order valence-corrected chi connectivity index (χ0v) is 10.2. The molecule has 6 nitrogen and oxygen atoms in total. The van der Waals surface area contributed by atoms with E-state index in [-0.39, 0.29) is 12.5 Å². The van der Waals surface area contributed by atoms with Crippen molar-refractivity contribution < 1.29 is 19.4 Å². The van der Waals surface area contributed by atoms with Crippen molar-refractivity contribution in [2.45, 2.75) is 18.9 Å². The molecule has 0 spiro atoms. The highest BCUT2D eigenvalue weighted by Gasteiger charge is 2.32. The molecular formula is C10H20N2O4. The van der Waals surface area contributed by atoms with Crippen LogP contribution in [0.2, 0.25) is 0 Å². The minimum Gasteiger partial charge on any atom is -0.467 e. The molecule has 0 aromatic carbocycles. The third kappa shape index (κ3) is 5.09. The second kappa shape index (κ2) is 6.44. The fourth-order valence-corrected chi connectivity index (χ4v) is 1.31. The number of rotatable bonds is 6. The monoisotopic (exact) mass is 232 g/mol. The summed E-state index contributed by atoms with van der Waals surface area (Å²) in [6.07, 6.45) is 0.324. The van der Waals surface area contributed by atoms with Gasteiger partial charge in [-0.2, -0.15) is 0 Å². The third-order valence-electron chi connectivity index (χ3n) is 2.20. The van der Waals surface area contributed by atoms with Gasteiger partial charge < -0.3 is 20.1 Å². The predicted molar refractivity (Wildman–Crippen MR) is 58.8 cm³/mol. The van der Waals surface area contributed by atoms with Gasteiger partial charge in [0.2, 0.25) is 5.91 Å². The molecule has 1 atom stereocenters. The fraction of sp³-hybridized carbons (Fsp3) is 0.800. The lowest BCUT2D eigenvalue weighted by molar-refractivity contribution is -0.162. The Hall–Kier alpha value is -1.14. The number of nitrogens with zero attached hydrogens (tertiary/aromatic N) is 1. The predicted octanol–water partition coefficient (Wildman–Crippen LogP) is -1.02. The zero-order chi connectivity index (χ0) is 12.8. The van der Waals surface area contributed by atoms with E-state index in [2.05, 4.69) is 10.1 Å². The Morgan fingerprint density at radius 3 is 2.50 bits per heavy atom. The lowest BCUT2D eigenvalue weighted by Crippen LogP contribution is -2.46. The molecule has 0 aliphatic heterocycles. The Kier molecular flexibility index (Phi) is 5.98. The van der Waals surface area contributed by atoms with Crippen molar-refractivity contribution >= 4 is 11.9 Å². The van der Waals surface area contributed by atoms with Gasteiger partial charge >= 0.3 is 5.97 Å². The van der Waals surface area contributed by atoms with Crippen LogP contribution in [0.1, 0.15) is 13.3 Å². The first-order chi connectivity index (χ1) is 7.33. The summed E-state index contributed by atoms with van der Waals surface area (Å²) in [5.41, 5.74) is -1.55. The van der Waals surface area contributed by atoms with Crippen molar-refractivity contribution in [3.8, 4) is 0 Å². The van der Waals surface area contributed by atoms with E-state index in [0.29, 0.717) is 13.0 Å². The van der Waals surface area contributed by atoms with Gasteiger partial charge in [0, 0.05) is 26.6 Å². The maximum atomic E-state index is 11.2. The molecule has 0 saturated carbocycles. The number of likely N-dealkylation sites (N-methyl/N-ethyl adjacent to an activating group) is 1. The molecule has 2 N–H and O–H groups in total. The summed E-state index contributed by atoms with van der Waals surface area (Å²) in [6, 6.07) is 0. The summed E-state index contributed by atoms with van der Waals surface area (Å²) in [4.78, 5) is 23.9. The normalized spacial score (nSPS) is 14.4. The number of hydrogen-bond acceptors (Lipinski definition) is 5. The zero-order valence-electron chi connectivity index (χ0n) is 10.2. The third-order valence-corrected chi connectivity index (χ3v) is 2.20. The SMILES string of the molecule is CNC(=O)CCN(C)CC(C)(O)C(=O)OC. The van der Waals surface area contributed by atoms with Crippen molar-refractivity contribution in [1.29, 1.82) is 0 Å². The smallest absolute Gasteiger partial charge is 0.338 e. The maximum Gasteiger partial charge on any atom is 0.338 e. The quantitative estimate of drug-likeness (QED) is 0.573. The van der Waals surface area contributed by atoms with Crippen LogP contribution < -0.4 is 5.32 Å². The van der Waals surface area contributed by atoms with Gasteiger partial charge in [-0.3, -0.25) is 4.79 Å². The van der Waals surface area contributed by atoms with Gasteiger partial charge in [-0.15, -0.1) is 0 Å². The highest BCUT2D eigenvalue weighted by molar-refractivity contribution is 5.79. The molecule has 0 aromatic rings. The molecule has 0 rings (SSSR count). The molecule has 16 heavy (non-hydrogen) atoms. The molecular weight excluding hydrogens is 212 g/mol. The Labute approximate surface area is 95.6 Å². The van der Waals surface area contributed by atoms with E-state index in [1.54, 1.807) is 19.0 Å². The van der Waals surface area contributed by atoms with Crippen LogP contribution in [0.25, 0.3) is 0 Å². The summed E-state index contributed by atoms with van der Waals surface area (Å²) in [6.45, 7) is 1.97. The Morgan fingerprint density at radius 2 is 2.06 bits per heavy atom. The molecule has 6 heteroatoms. The summed E-state index contributed by atoms with van der Waals surface area (Å²) in [5, 5.41) is 12.3. The standard InChI is InChI=1S/C10H20N2O4/c1-10(15,9(14)16-4)7-12(3)6-5-8(13)11-2/h15H,5-7H2,1-4H3,(H,11,13). The van der Waals surface area contributed by atoms with Crippen LogP contribution in [0, 0.1) is 0 Å². The second-order valence-corrected chi connectivity index (χ2v) is 3.93. The van der Waals surface area contributed by atoms with Gasteiger partial charge in [0.25, 0.3) is 0 Å². The van der Waals surface area contributed by atoms with Gasteiger partial charge in [-0.25, -0.2) is 4.79 Å². The molecule has 1 unspecified atom stereocenters. The number of hydrogen-bond donors (Lipinski definition) is 2. The molecule has 0 saturated heterocycles. The number of carbonyl (C=O) groups excluding carboxylic acids is 2. The number of aliphatic hydroxyl groups is 1. The number of esters is 1.